The predicted octanol–water partition coefficient (Wildman–Crippen LogP) is 2.02. The Balaban J connectivity index is 1.93. The van der Waals surface area contributed by atoms with Crippen molar-refractivity contribution in [1.82, 2.24) is 10.2 Å². The maximum absolute atomic E-state index is 5.19. The highest BCUT2D eigenvalue weighted by atomic mass is 16.5. The van der Waals surface area contributed by atoms with Crippen molar-refractivity contribution in [3.05, 3.63) is 0 Å². The Kier molecular flexibility index (Phi) is 4.83. The molecule has 0 aromatic carbocycles. The largest absolute Gasteiger partial charge is 0.385 e. The Bertz CT molecular complexity index is 226. The lowest BCUT2D eigenvalue weighted by Crippen LogP contribution is -2.63. The van der Waals surface area contributed by atoms with Gasteiger partial charge in [-0.1, -0.05) is 19.8 Å². The molecule has 1 spiro atoms. The summed E-state index contributed by atoms with van der Waals surface area (Å²) in [6.07, 6.45) is 8.04. The minimum Gasteiger partial charge on any atom is -0.385 e. The fraction of sp³-hybridized carbons (Fsp3) is 1.00. The Morgan fingerprint density at radius 1 is 1.35 bits per heavy atom. The zero-order chi connectivity index (χ0) is 12.1. The summed E-state index contributed by atoms with van der Waals surface area (Å²) in [5, 5.41) is 3.75. The summed E-state index contributed by atoms with van der Waals surface area (Å²) in [6.45, 7) is 6.85. The van der Waals surface area contributed by atoms with E-state index in [4.69, 9.17) is 4.74 Å². The van der Waals surface area contributed by atoms with E-state index in [-0.39, 0.29) is 0 Å². The second-order valence-corrected chi connectivity index (χ2v) is 5.71. The van der Waals surface area contributed by atoms with Crippen LogP contribution in [0.15, 0.2) is 0 Å². The van der Waals surface area contributed by atoms with Gasteiger partial charge in [-0.15, -0.1) is 0 Å². The average Bonchev–Trinajstić information content (AvgIpc) is 2.81. The summed E-state index contributed by atoms with van der Waals surface area (Å²) >= 11 is 0. The fourth-order valence-electron chi connectivity index (χ4n) is 3.50. The van der Waals surface area contributed by atoms with Gasteiger partial charge in [0.15, 0.2) is 0 Å². The first kappa shape index (κ1) is 13.3. The number of hydrogen-bond donors (Lipinski definition) is 1. The first-order chi connectivity index (χ1) is 8.30. The molecule has 1 saturated carbocycles. The van der Waals surface area contributed by atoms with E-state index in [1.165, 1.54) is 58.2 Å². The molecule has 1 unspecified atom stereocenters. The second-order valence-electron chi connectivity index (χ2n) is 5.71. The zero-order valence-corrected chi connectivity index (χ0v) is 11.5. The van der Waals surface area contributed by atoms with Crippen LogP contribution < -0.4 is 5.32 Å². The van der Waals surface area contributed by atoms with E-state index in [2.05, 4.69) is 17.1 Å². The number of nitrogens with one attached hydrogen (secondary N) is 1. The number of rotatable bonds is 5. The van der Waals surface area contributed by atoms with Gasteiger partial charge in [-0.2, -0.15) is 0 Å². The molecular weight excluding hydrogens is 212 g/mol. The summed E-state index contributed by atoms with van der Waals surface area (Å²) in [4.78, 5) is 2.77. The van der Waals surface area contributed by atoms with E-state index in [1.807, 2.05) is 0 Å². The molecule has 0 radical (unpaired) electrons. The summed E-state index contributed by atoms with van der Waals surface area (Å²) in [5.41, 5.74) is 0.486. The van der Waals surface area contributed by atoms with Crippen molar-refractivity contribution in [1.29, 1.82) is 0 Å². The van der Waals surface area contributed by atoms with Gasteiger partial charge in [0.1, 0.15) is 0 Å². The molecule has 2 rings (SSSR count). The van der Waals surface area contributed by atoms with Crippen molar-refractivity contribution >= 4 is 0 Å². The first-order valence-electron chi connectivity index (χ1n) is 7.28. The van der Waals surface area contributed by atoms with Crippen LogP contribution in [0.5, 0.6) is 0 Å². The van der Waals surface area contributed by atoms with Crippen LogP contribution in [0.2, 0.25) is 0 Å². The molecule has 0 amide bonds. The number of nitrogens with zero attached hydrogens (tertiary/aromatic N) is 1. The summed E-state index contributed by atoms with van der Waals surface area (Å²) in [6, 6.07) is 0.698. The number of piperazine rings is 1. The quantitative estimate of drug-likeness (QED) is 0.744. The van der Waals surface area contributed by atoms with Gasteiger partial charge in [0.05, 0.1) is 0 Å². The first-order valence-corrected chi connectivity index (χ1v) is 7.28. The SMILES string of the molecule is CCC1CN(CCCOC)C2(CCCC2)CN1. The van der Waals surface area contributed by atoms with Crippen molar-refractivity contribution in [2.24, 2.45) is 0 Å². The highest BCUT2D eigenvalue weighted by Gasteiger charge is 2.42. The monoisotopic (exact) mass is 240 g/mol. The lowest BCUT2D eigenvalue weighted by molar-refractivity contribution is 0.0347. The third-order valence-electron chi connectivity index (χ3n) is 4.63. The summed E-state index contributed by atoms with van der Waals surface area (Å²) < 4.78 is 5.19. The second kappa shape index (κ2) is 6.17. The van der Waals surface area contributed by atoms with E-state index in [1.54, 1.807) is 7.11 Å². The summed E-state index contributed by atoms with van der Waals surface area (Å²) in [7, 11) is 1.80. The van der Waals surface area contributed by atoms with Gasteiger partial charge in [-0.3, -0.25) is 4.90 Å². The molecule has 0 aromatic rings. The molecule has 1 heterocycles. The number of ether oxygens (including phenoxy) is 1. The Morgan fingerprint density at radius 3 is 2.76 bits per heavy atom. The highest BCUT2D eigenvalue weighted by Crippen LogP contribution is 2.37. The topological polar surface area (TPSA) is 24.5 Å². The van der Waals surface area contributed by atoms with E-state index in [0.29, 0.717) is 11.6 Å². The highest BCUT2D eigenvalue weighted by molar-refractivity contribution is 5.01. The van der Waals surface area contributed by atoms with Gasteiger partial charge in [-0.25, -0.2) is 0 Å². The molecule has 1 aliphatic carbocycles. The molecule has 0 aromatic heterocycles. The molecule has 100 valence electrons. The van der Waals surface area contributed by atoms with Crippen LogP contribution in [0.1, 0.15) is 45.4 Å². The molecule has 2 aliphatic rings. The van der Waals surface area contributed by atoms with Crippen LogP contribution >= 0.6 is 0 Å². The van der Waals surface area contributed by atoms with Crippen LogP contribution in [-0.2, 0) is 4.74 Å². The standard InChI is InChI=1S/C14H28N2O/c1-3-13-11-16(9-6-10-17-2)14(12-15-13)7-4-5-8-14/h13,15H,3-12H2,1-2H3. The van der Waals surface area contributed by atoms with E-state index < -0.39 is 0 Å². The van der Waals surface area contributed by atoms with Gasteiger partial charge < -0.3 is 10.1 Å². The number of methoxy groups -OCH3 is 1. The van der Waals surface area contributed by atoms with Crippen LogP contribution in [0.3, 0.4) is 0 Å². The van der Waals surface area contributed by atoms with Gasteiger partial charge in [0.2, 0.25) is 0 Å². The van der Waals surface area contributed by atoms with Crippen molar-refractivity contribution in [3.63, 3.8) is 0 Å². The lowest BCUT2D eigenvalue weighted by Gasteiger charge is -2.48. The molecule has 1 saturated heterocycles. The van der Waals surface area contributed by atoms with Crippen molar-refractivity contribution in [2.45, 2.75) is 57.0 Å². The molecule has 1 aliphatic heterocycles. The van der Waals surface area contributed by atoms with Gasteiger partial charge in [0.25, 0.3) is 0 Å². The summed E-state index contributed by atoms with van der Waals surface area (Å²) in [5.74, 6) is 0. The zero-order valence-electron chi connectivity index (χ0n) is 11.5. The third kappa shape index (κ3) is 3.01. The van der Waals surface area contributed by atoms with Gasteiger partial charge in [0, 0.05) is 44.9 Å². The number of hydrogen-bond acceptors (Lipinski definition) is 3. The van der Waals surface area contributed by atoms with Crippen LogP contribution in [-0.4, -0.2) is 49.8 Å². The normalized spacial score (nSPS) is 28.9. The molecule has 1 N–H and O–H groups in total. The Hall–Kier alpha value is -0.120. The average molecular weight is 240 g/mol. The van der Waals surface area contributed by atoms with Crippen molar-refractivity contribution in [3.8, 4) is 0 Å². The molecule has 0 bridgehead atoms. The van der Waals surface area contributed by atoms with E-state index in [0.717, 1.165) is 6.61 Å². The van der Waals surface area contributed by atoms with E-state index in [9.17, 15) is 0 Å². The fourth-order valence-corrected chi connectivity index (χ4v) is 3.50. The minimum atomic E-state index is 0.486. The third-order valence-corrected chi connectivity index (χ3v) is 4.63. The molecular formula is C14H28N2O. The van der Waals surface area contributed by atoms with Gasteiger partial charge in [-0.05, 0) is 25.7 Å². The molecule has 17 heavy (non-hydrogen) atoms. The van der Waals surface area contributed by atoms with Crippen molar-refractivity contribution < 1.29 is 4.74 Å². The molecule has 3 nitrogen and oxygen atoms in total. The molecule has 3 heteroatoms. The smallest absolute Gasteiger partial charge is 0.0474 e. The van der Waals surface area contributed by atoms with Crippen LogP contribution in [0, 0.1) is 0 Å². The maximum Gasteiger partial charge on any atom is 0.0474 e. The molecule has 1 atom stereocenters. The van der Waals surface area contributed by atoms with Gasteiger partial charge >= 0.3 is 0 Å². The maximum atomic E-state index is 5.19. The van der Waals surface area contributed by atoms with Crippen LogP contribution in [0.25, 0.3) is 0 Å². The van der Waals surface area contributed by atoms with E-state index >= 15 is 0 Å². The predicted molar refractivity (Wildman–Crippen MR) is 71.3 cm³/mol. The van der Waals surface area contributed by atoms with Crippen LogP contribution in [0.4, 0.5) is 0 Å². The lowest BCUT2D eigenvalue weighted by atomic mass is 9.90. The Morgan fingerprint density at radius 2 is 2.12 bits per heavy atom. The molecule has 2 fully saturated rings. The Labute approximate surface area is 106 Å². The minimum absolute atomic E-state index is 0.486. The van der Waals surface area contributed by atoms with Crippen molar-refractivity contribution in [2.75, 3.05) is 33.4 Å².